The van der Waals surface area contributed by atoms with Crippen LogP contribution in [-0.2, 0) is 4.84 Å². The molecular weight excluding hydrogens is 176 g/mol. The van der Waals surface area contributed by atoms with Crippen molar-refractivity contribution in [1.29, 1.82) is 0 Å². The molecule has 0 aliphatic heterocycles. The monoisotopic (exact) mass is 194 g/mol. The zero-order chi connectivity index (χ0) is 10.5. The summed E-state index contributed by atoms with van der Waals surface area (Å²) in [7, 11) is 3.12. The molecule has 0 aliphatic rings. The van der Waals surface area contributed by atoms with E-state index in [1.54, 1.807) is 7.05 Å². The molecule has 80 valence electrons. The average Bonchev–Trinajstić information content (AvgIpc) is 2.02. The molecule has 0 saturated heterocycles. The Balaban J connectivity index is 3.86. The molecule has 0 aromatic carbocycles. The SMILES string of the molecule is CNNC(N)(N)ONC(N)(N)NC. The van der Waals surface area contributed by atoms with Gasteiger partial charge in [0.15, 0.2) is 5.91 Å². The number of rotatable bonds is 6. The fourth-order valence-electron chi connectivity index (χ4n) is 0.441. The molecule has 0 aromatic rings. The Kier molecular flexibility index (Phi) is 4.63. The minimum atomic E-state index is -1.62. The van der Waals surface area contributed by atoms with Crippen LogP contribution in [0.2, 0.25) is 0 Å². The largest absolute Gasteiger partial charge is 0.286 e. The van der Waals surface area contributed by atoms with Crippen LogP contribution in [0.25, 0.3) is 0 Å². The first kappa shape index (κ1) is 12.6. The van der Waals surface area contributed by atoms with Gasteiger partial charge in [-0.1, -0.05) is 0 Å². The van der Waals surface area contributed by atoms with Crippen LogP contribution in [0.3, 0.4) is 0 Å². The predicted octanol–water partition coefficient (Wildman–Crippen LogP) is -4.49. The number of nitrogens with two attached hydrogens (primary N) is 4. The van der Waals surface area contributed by atoms with E-state index in [2.05, 4.69) is 21.6 Å². The molecule has 0 atom stereocenters. The number of hydroxylamine groups is 1. The van der Waals surface area contributed by atoms with Gasteiger partial charge < -0.3 is 0 Å². The fraction of sp³-hybridized carbons (Fsp3) is 1.00. The van der Waals surface area contributed by atoms with E-state index in [9.17, 15) is 0 Å². The molecule has 0 spiro atoms. The van der Waals surface area contributed by atoms with Crippen molar-refractivity contribution in [2.45, 2.75) is 11.9 Å². The summed E-state index contributed by atoms with van der Waals surface area (Å²) in [6.45, 7) is 0. The van der Waals surface area contributed by atoms with E-state index in [1.165, 1.54) is 7.05 Å². The van der Waals surface area contributed by atoms with Gasteiger partial charge in [-0.25, -0.2) is 10.3 Å². The maximum absolute atomic E-state index is 5.39. The van der Waals surface area contributed by atoms with Crippen molar-refractivity contribution in [3.8, 4) is 0 Å². The molecule has 0 saturated carbocycles. The molecule has 0 unspecified atom stereocenters. The maximum atomic E-state index is 5.39. The highest BCUT2D eigenvalue weighted by Crippen LogP contribution is 1.84. The van der Waals surface area contributed by atoms with Crippen molar-refractivity contribution in [3.63, 3.8) is 0 Å². The normalized spacial score (nSPS) is 13.4. The fourth-order valence-corrected chi connectivity index (χ4v) is 0.441. The third-order valence-electron chi connectivity index (χ3n) is 1.12. The second-order valence-corrected chi connectivity index (χ2v) is 2.49. The molecule has 12 N–H and O–H groups in total. The second-order valence-electron chi connectivity index (χ2n) is 2.49. The highest BCUT2D eigenvalue weighted by atomic mass is 16.7. The van der Waals surface area contributed by atoms with Crippen LogP contribution in [0, 0.1) is 0 Å². The van der Waals surface area contributed by atoms with Crippen molar-refractivity contribution < 1.29 is 4.84 Å². The van der Waals surface area contributed by atoms with Gasteiger partial charge in [0, 0.05) is 0 Å². The highest BCUT2D eigenvalue weighted by molar-refractivity contribution is 4.64. The molecule has 0 aromatic heterocycles. The Morgan fingerprint density at radius 3 is 2.00 bits per heavy atom. The Hall–Kier alpha value is -0.360. The Morgan fingerprint density at radius 1 is 1.08 bits per heavy atom. The summed E-state index contributed by atoms with van der Waals surface area (Å²) in [5.41, 5.74) is 28.6. The third kappa shape index (κ3) is 5.81. The molecule has 0 radical (unpaired) electrons. The predicted molar refractivity (Wildman–Crippen MR) is 47.7 cm³/mol. The molecule has 0 aliphatic carbocycles. The van der Waals surface area contributed by atoms with Gasteiger partial charge in [0.25, 0.3) is 5.97 Å². The number of hydrazine groups is 1. The van der Waals surface area contributed by atoms with E-state index in [0.717, 1.165) is 0 Å². The van der Waals surface area contributed by atoms with Gasteiger partial charge in [-0.05, 0) is 14.1 Å². The van der Waals surface area contributed by atoms with E-state index < -0.39 is 11.9 Å². The summed E-state index contributed by atoms with van der Waals surface area (Å²) in [5.74, 6) is -3.02. The average molecular weight is 194 g/mol. The lowest BCUT2D eigenvalue weighted by Gasteiger charge is -2.31. The standard InChI is InChI=1S/C4H18N8O/c1-9-3(5,6)12-13-4(7,8)11-10-2/h9-12H,5-8H2,1-2H3. The molecule has 13 heavy (non-hydrogen) atoms. The van der Waals surface area contributed by atoms with Gasteiger partial charge >= 0.3 is 0 Å². The molecule has 0 bridgehead atoms. The lowest BCUT2D eigenvalue weighted by atomic mass is 10.7. The van der Waals surface area contributed by atoms with Crippen LogP contribution >= 0.6 is 0 Å². The molecule has 0 amide bonds. The molecule has 0 fully saturated rings. The molecule has 0 rings (SSSR count). The first-order chi connectivity index (χ1) is 5.83. The van der Waals surface area contributed by atoms with Crippen LogP contribution in [0.5, 0.6) is 0 Å². The first-order valence-electron chi connectivity index (χ1n) is 3.56. The van der Waals surface area contributed by atoms with Gasteiger partial charge in [0.05, 0.1) is 0 Å². The molecule has 9 nitrogen and oxygen atoms in total. The van der Waals surface area contributed by atoms with Gasteiger partial charge in [-0.3, -0.25) is 33.7 Å². The summed E-state index contributed by atoms with van der Waals surface area (Å²) < 4.78 is 0. The van der Waals surface area contributed by atoms with Gasteiger partial charge in [-0.2, -0.15) is 0 Å². The van der Waals surface area contributed by atoms with Crippen molar-refractivity contribution in [1.82, 2.24) is 21.6 Å². The quantitative estimate of drug-likeness (QED) is 0.154. The minimum Gasteiger partial charge on any atom is -0.286 e. The minimum absolute atomic E-state index is 1.40. The number of hydrogen-bond donors (Lipinski definition) is 8. The van der Waals surface area contributed by atoms with Crippen LogP contribution in [0.15, 0.2) is 0 Å². The maximum Gasteiger partial charge on any atom is 0.260 e. The van der Waals surface area contributed by atoms with Crippen LogP contribution in [0.1, 0.15) is 0 Å². The zero-order valence-corrected chi connectivity index (χ0v) is 7.72. The van der Waals surface area contributed by atoms with E-state index in [0.29, 0.717) is 0 Å². The van der Waals surface area contributed by atoms with Crippen LogP contribution < -0.4 is 44.6 Å². The Morgan fingerprint density at radius 2 is 1.62 bits per heavy atom. The van der Waals surface area contributed by atoms with E-state index in [1.807, 2.05) is 0 Å². The molecule has 9 heteroatoms. The number of nitrogens with one attached hydrogen (secondary N) is 4. The molecule has 0 heterocycles. The van der Waals surface area contributed by atoms with Crippen molar-refractivity contribution in [3.05, 3.63) is 0 Å². The molecular formula is C4H18N8O. The van der Waals surface area contributed by atoms with Gasteiger partial charge in [0.1, 0.15) is 0 Å². The van der Waals surface area contributed by atoms with Crippen LogP contribution in [-0.4, -0.2) is 26.0 Å². The summed E-state index contributed by atoms with van der Waals surface area (Å²) >= 11 is 0. The summed E-state index contributed by atoms with van der Waals surface area (Å²) in [6, 6.07) is 0. The summed E-state index contributed by atoms with van der Waals surface area (Å²) in [5, 5.41) is 2.52. The summed E-state index contributed by atoms with van der Waals surface area (Å²) in [6.07, 6.45) is 0. The van der Waals surface area contributed by atoms with Crippen molar-refractivity contribution in [2.75, 3.05) is 14.1 Å². The first-order valence-corrected chi connectivity index (χ1v) is 3.56. The zero-order valence-electron chi connectivity index (χ0n) is 7.72. The van der Waals surface area contributed by atoms with Gasteiger partial charge in [0.2, 0.25) is 0 Å². The lowest BCUT2D eigenvalue weighted by Crippen LogP contribution is -2.75. The van der Waals surface area contributed by atoms with E-state index in [4.69, 9.17) is 27.8 Å². The number of hydrogen-bond acceptors (Lipinski definition) is 9. The lowest BCUT2D eigenvalue weighted by molar-refractivity contribution is -0.161. The highest BCUT2D eigenvalue weighted by Gasteiger charge is 2.24. The summed E-state index contributed by atoms with van der Waals surface area (Å²) in [4.78, 5) is 4.74. The Bertz CT molecular complexity index is 147. The topological polar surface area (TPSA) is 161 Å². The third-order valence-corrected chi connectivity index (χ3v) is 1.12. The van der Waals surface area contributed by atoms with E-state index in [-0.39, 0.29) is 0 Å². The van der Waals surface area contributed by atoms with Crippen molar-refractivity contribution >= 4 is 0 Å². The van der Waals surface area contributed by atoms with Crippen molar-refractivity contribution in [2.24, 2.45) is 22.9 Å². The van der Waals surface area contributed by atoms with Gasteiger partial charge in [-0.15, -0.1) is 5.48 Å². The Labute approximate surface area is 76.4 Å². The smallest absolute Gasteiger partial charge is 0.260 e. The van der Waals surface area contributed by atoms with E-state index >= 15 is 0 Å². The second kappa shape index (κ2) is 4.76. The van der Waals surface area contributed by atoms with Crippen LogP contribution in [0.4, 0.5) is 0 Å².